The maximum atomic E-state index is 13.6. The average molecular weight is 278 g/mol. The van der Waals surface area contributed by atoms with Crippen LogP contribution in [0.2, 0.25) is 0 Å². The third-order valence-electron chi connectivity index (χ3n) is 3.77. The summed E-state index contributed by atoms with van der Waals surface area (Å²) in [7, 11) is 0. The van der Waals surface area contributed by atoms with Crippen molar-refractivity contribution in [3.63, 3.8) is 0 Å². The van der Waals surface area contributed by atoms with Crippen molar-refractivity contribution in [2.24, 2.45) is 0 Å². The summed E-state index contributed by atoms with van der Waals surface area (Å²) in [4.78, 5) is 0. The van der Waals surface area contributed by atoms with E-state index in [1.165, 1.54) is 12.1 Å². The largest absolute Gasteiger partial charge is 0.388 e. The number of nitriles is 1. The van der Waals surface area contributed by atoms with Gasteiger partial charge >= 0.3 is 0 Å². The van der Waals surface area contributed by atoms with Crippen LogP contribution in [0, 0.1) is 17.1 Å². The number of rotatable bonds is 4. The van der Waals surface area contributed by atoms with E-state index in [0.717, 1.165) is 5.56 Å². The van der Waals surface area contributed by atoms with Crippen LogP contribution in [0.25, 0.3) is 0 Å². The Kier molecular flexibility index (Phi) is 4.71. The monoisotopic (exact) mass is 278 g/mol. The smallest absolute Gasteiger partial charge is 0.141 e. The zero-order valence-electron chi connectivity index (χ0n) is 11.5. The first-order chi connectivity index (χ1) is 9.54. The Morgan fingerprint density at radius 2 is 2.20 bits per heavy atom. The molecule has 1 aromatic carbocycles. The quantitative estimate of drug-likeness (QED) is 0.882. The van der Waals surface area contributed by atoms with E-state index in [1.54, 1.807) is 12.1 Å². The van der Waals surface area contributed by atoms with E-state index in [2.05, 4.69) is 5.32 Å². The summed E-state index contributed by atoms with van der Waals surface area (Å²) < 4.78 is 18.8. The molecule has 0 saturated carbocycles. The first kappa shape index (κ1) is 14.9. The SMILES string of the molecule is CC(NCC1(O)CCOCC1)c1ccc(C#N)c(F)c1. The summed E-state index contributed by atoms with van der Waals surface area (Å²) in [6.45, 7) is 3.48. The molecule has 4 nitrogen and oxygen atoms in total. The van der Waals surface area contributed by atoms with Gasteiger partial charge in [0.25, 0.3) is 0 Å². The van der Waals surface area contributed by atoms with Crippen molar-refractivity contribution in [1.82, 2.24) is 5.32 Å². The fourth-order valence-electron chi connectivity index (χ4n) is 2.28. The summed E-state index contributed by atoms with van der Waals surface area (Å²) in [6, 6.07) is 6.28. The fourth-order valence-corrected chi connectivity index (χ4v) is 2.28. The summed E-state index contributed by atoms with van der Waals surface area (Å²) in [6.07, 6.45) is 1.21. The van der Waals surface area contributed by atoms with Crippen molar-refractivity contribution < 1.29 is 14.2 Å². The molecule has 1 aliphatic rings. The molecule has 1 aliphatic heterocycles. The Morgan fingerprint density at radius 3 is 2.80 bits per heavy atom. The number of aliphatic hydroxyl groups is 1. The highest BCUT2D eigenvalue weighted by Gasteiger charge is 2.29. The van der Waals surface area contributed by atoms with Crippen molar-refractivity contribution in [3.05, 3.63) is 35.1 Å². The van der Waals surface area contributed by atoms with Crippen LogP contribution < -0.4 is 5.32 Å². The van der Waals surface area contributed by atoms with Gasteiger partial charge in [0.05, 0.1) is 11.2 Å². The molecule has 1 fully saturated rings. The Labute approximate surface area is 118 Å². The van der Waals surface area contributed by atoms with Crippen LogP contribution in [0.4, 0.5) is 4.39 Å². The highest BCUT2D eigenvalue weighted by Crippen LogP contribution is 2.22. The van der Waals surface area contributed by atoms with Gasteiger partial charge in [-0.2, -0.15) is 5.26 Å². The van der Waals surface area contributed by atoms with Gasteiger partial charge in [0.2, 0.25) is 0 Å². The Bertz CT molecular complexity index is 507. The summed E-state index contributed by atoms with van der Waals surface area (Å²) >= 11 is 0. The number of nitrogens with one attached hydrogen (secondary N) is 1. The second kappa shape index (κ2) is 6.31. The van der Waals surface area contributed by atoms with Crippen molar-refractivity contribution in [2.75, 3.05) is 19.8 Å². The molecule has 1 saturated heterocycles. The van der Waals surface area contributed by atoms with Gasteiger partial charge < -0.3 is 15.2 Å². The molecular formula is C15H19FN2O2. The molecule has 0 bridgehead atoms. The van der Waals surface area contributed by atoms with Gasteiger partial charge in [0, 0.05) is 38.6 Å². The van der Waals surface area contributed by atoms with Crippen LogP contribution in [0.3, 0.4) is 0 Å². The Balaban J connectivity index is 1.96. The predicted molar refractivity (Wildman–Crippen MR) is 72.5 cm³/mol. The molecule has 1 atom stereocenters. The molecule has 0 aliphatic carbocycles. The molecule has 108 valence electrons. The first-order valence-electron chi connectivity index (χ1n) is 6.77. The number of hydrogen-bond acceptors (Lipinski definition) is 4. The molecule has 0 aromatic heterocycles. The molecule has 0 radical (unpaired) electrons. The van der Waals surface area contributed by atoms with E-state index in [4.69, 9.17) is 10.00 Å². The summed E-state index contributed by atoms with van der Waals surface area (Å²) in [5.41, 5.74) is 0.0543. The summed E-state index contributed by atoms with van der Waals surface area (Å²) in [5, 5.41) is 22.3. The zero-order chi connectivity index (χ0) is 14.6. The molecule has 1 unspecified atom stereocenters. The molecular weight excluding hydrogens is 259 g/mol. The van der Waals surface area contributed by atoms with E-state index in [1.807, 2.05) is 6.92 Å². The van der Waals surface area contributed by atoms with Gasteiger partial charge in [-0.25, -0.2) is 4.39 Å². The number of nitrogens with zero attached hydrogens (tertiary/aromatic N) is 1. The second-order valence-corrected chi connectivity index (χ2v) is 5.29. The van der Waals surface area contributed by atoms with E-state index < -0.39 is 11.4 Å². The lowest BCUT2D eigenvalue weighted by Gasteiger charge is -2.33. The van der Waals surface area contributed by atoms with Gasteiger partial charge in [0.15, 0.2) is 0 Å². The molecule has 0 spiro atoms. The maximum Gasteiger partial charge on any atom is 0.141 e. The third-order valence-corrected chi connectivity index (χ3v) is 3.77. The lowest BCUT2D eigenvalue weighted by Crippen LogP contribution is -2.45. The lowest BCUT2D eigenvalue weighted by molar-refractivity contribution is -0.0626. The fraction of sp³-hybridized carbons (Fsp3) is 0.533. The molecule has 5 heteroatoms. The normalized spacial score (nSPS) is 19.3. The number of benzene rings is 1. The second-order valence-electron chi connectivity index (χ2n) is 5.29. The standard InChI is InChI=1S/C15H19FN2O2/c1-11(12-2-3-13(9-17)14(16)8-12)18-10-15(19)4-6-20-7-5-15/h2-3,8,11,18-19H,4-7,10H2,1H3. The highest BCUT2D eigenvalue weighted by molar-refractivity contribution is 5.34. The molecule has 20 heavy (non-hydrogen) atoms. The van der Waals surface area contributed by atoms with Gasteiger partial charge in [-0.1, -0.05) is 6.07 Å². The van der Waals surface area contributed by atoms with Crippen LogP contribution >= 0.6 is 0 Å². The Hall–Kier alpha value is -1.48. The van der Waals surface area contributed by atoms with Gasteiger partial charge in [-0.3, -0.25) is 0 Å². The third kappa shape index (κ3) is 3.54. The van der Waals surface area contributed by atoms with Crippen LogP contribution in [-0.4, -0.2) is 30.5 Å². The average Bonchev–Trinajstić information content (AvgIpc) is 2.45. The van der Waals surface area contributed by atoms with E-state index >= 15 is 0 Å². The van der Waals surface area contributed by atoms with Crippen molar-refractivity contribution >= 4 is 0 Å². The minimum atomic E-state index is -0.752. The van der Waals surface area contributed by atoms with Crippen molar-refractivity contribution in [3.8, 4) is 6.07 Å². The zero-order valence-corrected chi connectivity index (χ0v) is 11.5. The van der Waals surface area contributed by atoms with Crippen molar-refractivity contribution in [1.29, 1.82) is 5.26 Å². The maximum absolute atomic E-state index is 13.6. The predicted octanol–water partition coefficient (Wildman–Crippen LogP) is 1.89. The van der Waals surface area contributed by atoms with Crippen LogP contribution in [0.5, 0.6) is 0 Å². The van der Waals surface area contributed by atoms with E-state index in [0.29, 0.717) is 32.6 Å². The van der Waals surface area contributed by atoms with Gasteiger partial charge in [0.1, 0.15) is 11.9 Å². The highest BCUT2D eigenvalue weighted by atomic mass is 19.1. The molecule has 2 N–H and O–H groups in total. The van der Waals surface area contributed by atoms with E-state index in [-0.39, 0.29) is 11.6 Å². The van der Waals surface area contributed by atoms with Gasteiger partial charge in [-0.15, -0.1) is 0 Å². The number of ether oxygens (including phenoxy) is 1. The topological polar surface area (TPSA) is 65.3 Å². The van der Waals surface area contributed by atoms with Crippen LogP contribution in [-0.2, 0) is 4.74 Å². The Morgan fingerprint density at radius 1 is 1.50 bits per heavy atom. The van der Waals surface area contributed by atoms with Crippen LogP contribution in [0.15, 0.2) is 18.2 Å². The minimum absolute atomic E-state index is 0.0454. The van der Waals surface area contributed by atoms with Crippen LogP contribution in [0.1, 0.15) is 36.9 Å². The summed E-state index contributed by atoms with van der Waals surface area (Å²) in [5.74, 6) is -0.511. The number of hydrogen-bond donors (Lipinski definition) is 2. The molecule has 0 amide bonds. The number of halogens is 1. The first-order valence-corrected chi connectivity index (χ1v) is 6.77. The minimum Gasteiger partial charge on any atom is -0.388 e. The lowest BCUT2D eigenvalue weighted by atomic mass is 9.94. The van der Waals surface area contributed by atoms with Gasteiger partial charge in [-0.05, 0) is 24.6 Å². The molecule has 1 aromatic rings. The van der Waals surface area contributed by atoms with E-state index in [9.17, 15) is 9.50 Å². The van der Waals surface area contributed by atoms with Crippen molar-refractivity contribution in [2.45, 2.75) is 31.4 Å². The molecule has 1 heterocycles. The molecule has 2 rings (SSSR count).